The first kappa shape index (κ1) is 13.7. The summed E-state index contributed by atoms with van der Waals surface area (Å²) in [6.07, 6.45) is 0. The van der Waals surface area contributed by atoms with Gasteiger partial charge >= 0.3 is 5.76 Å². The molecule has 3 aromatic rings. The van der Waals surface area contributed by atoms with Crippen LogP contribution in [0.1, 0.15) is 0 Å². The van der Waals surface area contributed by atoms with Crippen LogP contribution in [0, 0.1) is 0 Å². The third-order valence-electron chi connectivity index (χ3n) is 3.33. The molecule has 2 aromatic carbocycles. The summed E-state index contributed by atoms with van der Waals surface area (Å²) in [5.41, 5.74) is 0.936. The zero-order valence-electron chi connectivity index (χ0n) is 11.5. The van der Waals surface area contributed by atoms with Gasteiger partial charge in [-0.2, -0.15) is 0 Å². The first-order chi connectivity index (χ1) is 11.0. The molecule has 0 radical (unpaired) electrons. The van der Waals surface area contributed by atoms with Crippen molar-refractivity contribution in [1.82, 2.24) is 4.98 Å². The number of rotatable bonds is 3. The van der Waals surface area contributed by atoms with Crippen LogP contribution in [-0.2, 0) is 10.0 Å². The Balaban J connectivity index is 1.69. The SMILES string of the molecule is O=c1[nH]c2ccc(S(=O)(=O)Nc3ccc4c(c3)OCO4)cc2o1. The van der Waals surface area contributed by atoms with E-state index in [0.29, 0.717) is 22.7 Å². The second-order valence-corrected chi connectivity index (χ2v) is 6.53. The van der Waals surface area contributed by atoms with E-state index in [0.717, 1.165) is 0 Å². The summed E-state index contributed by atoms with van der Waals surface area (Å²) >= 11 is 0. The summed E-state index contributed by atoms with van der Waals surface area (Å²) in [4.78, 5) is 13.6. The number of aromatic nitrogens is 1. The lowest BCUT2D eigenvalue weighted by molar-refractivity contribution is 0.174. The molecule has 23 heavy (non-hydrogen) atoms. The van der Waals surface area contributed by atoms with Crippen molar-refractivity contribution in [1.29, 1.82) is 0 Å². The Morgan fingerprint density at radius 2 is 1.87 bits per heavy atom. The fourth-order valence-corrected chi connectivity index (χ4v) is 3.33. The standard InChI is InChI=1S/C14H10N2O6S/c17-14-15-10-3-2-9(6-12(10)22-14)23(18,19)16-8-1-4-11-13(5-8)21-7-20-11/h1-6,16H,7H2,(H,15,17). The molecule has 1 aromatic heterocycles. The van der Waals surface area contributed by atoms with E-state index in [4.69, 9.17) is 13.9 Å². The molecule has 4 rings (SSSR count). The van der Waals surface area contributed by atoms with Gasteiger partial charge in [0.1, 0.15) is 0 Å². The van der Waals surface area contributed by atoms with Crippen molar-refractivity contribution < 1.29 is 22.3 Å². The molecule has 2 N–H and O–H groups in total. The number of aromatic amines is 1. The van der Waals surface area contributed by atoms with E-state index < -0.39 is 15.8 Å². The van der Waals surface area contributed by atoms with E-state index >= 15 is 0 Å². The number of sulfonamides is 1. The maximum absolute atomic E-state index is 12.4. The summed E-state index contributed by atoms with van der Waals surface area (Å²) < 4.78 is 42.6. The zero-order valence-corrected chi connectivity index (χ0v) is 12.3. The molecule has 9 heteroatoms. The van der Waals surface area contributed by atoms with Crippen molar-refractivity contribution in [3.63, 3.8) is 0 Å². The molecule has 2 heterocycles. The van der Waals surface area contributed by atoms with Crippen LogP contribution in [0.25, 0.3) is 11.1 Å². The van der Waals surface area contributed by atoms with Crippen molar-refractivity contribution in [2.24, 2.45) is 0 Å². The molecule has 0 unspecified atom stereocenters. The summed E-state index contributed by atoms with van der Waals surface area (Å²) in [7, 11) is -3.84. The Bertz CT molecular complexity index is 1070. The highest BCUT2D eigenvalue weighted by atomic mass is 32.2. The lowest BCUT2D eigenvalue weighted by Gasteiger charge is -2.08. The minimum Gasteiger partial charge on any atom is -0.454 e. The number of hydrogen-bond acceptors (Lipinski definition) is 6. The minimum absolute atomic E-state index is 0.0228. The molecular formula is C14H10N2O6S. The minimum atomic E-state index is -3.84. The smallest absolute Gasteiger partial charge is 0.417 e. The Morgan fingerprint density at radius 3 is 2.74 bits per heavy atom. The summed E-state index contributed by atoms with van der Waals surface area (Å²) in [6, 6.07) is 8.85. The number of ether oxygens (including phenoxy) is 2. The zero-order chi connectivity index (χ0) is 16.0. The number of anilines is 1. The van der Waals surface area contributed by atoms with E-state index in [-0.39, 0.29) is 17.3 Å². The van der Waals surface area contributed by atoms with Crippen LogP contribution in [0.2, 0.25) is 0 Å². The van der Waals surface area contributed by atoms with Crippen molar-refractivity contribution >= 4 is 26.8 Å². The quantitative estimate of drug-likeness (QED) is 0.753. The third-order valence-corrected chi connectivity index (χ3v) is 4.71. The fourth-order valence-electron chi connectivity index (χ4n) is 2.27. The topological polar surface area (TPSA) is 111 Å². The average Bonchev–Trinajstić information content (AvgIpc) is 3.10. The number of benzene rings is 2. The van der Waals surface area contributed by atoms with E-state index in [2.05, 4.69) is 9.71 Å². The van der Waals surface area contributed by atoms with Crippen molar-refractivity contribution in [3.8, 4) is 11.5 Å². The van der Waals surface area contributed by atoms with Crippen LogP contribution >= 0.6 is 0 Å². The van der Waals surface area contributed by atoms with Gasteiger partial charge in [0, 0.05) is 12.1 Å². The first-order valence-corrected chi connectivity index (χ1v) is 8.05. The molecule has 118 valence electrons. The number of fused-ring (bicyclic) bond motifs is 2. The maximum atomic E-state index is 12.4. The highest BCUT2D eigenvalue weighted by Crippen LogP contribution is 2.34. The van der Waals surface area contributed by atoms with Crippen LogP contribution in [0.5, 0.6) is 11.5 Å². The monoisotopic (exact) mass is 334 g/mol. The van der Waals surface area contributed by atoms with Gasteiger partial charge in [0.25, 0.3) is 10.0 Å². The number of hydrogen-bond donors (Lipinski definition) is 2. The van der Waals surface area contributed by atoms with Gasteiger partial charge in [-0.25, -0.2) is 13.2 Å². The largest absolute Gasteiger partial charge is 0.454 e. The van der Waals surface area contributed by atoms with Crippen LogP contribution in [0.3, 0.4) is 0 Å². The molecule has 0 aliphatic carbocycles. The van der Waals surface area contributed by atoms with E-state index in [9.17, 15) is 13.2 Å². The molecule has 1 aliphatic heterocycles. The molecule has 0 amide bonds. The summed E-state index contributed by atoms with van der Waals surface area (Å²) in [5.74, 6) is 0.388. The summed E-state index contributed by atoms with van der Waals surface area (Å²) in [5, 5.41) is 0. The second kappa shape index (κ2) is 4.78. The number of H-pyrrole nitrogens is 1. The lowest BCUT2D eigenvalue weighted by Crippen LogP contribution is -2.12. The molecule has 0 bridgehead atoms. The Hall–Kier alpha value is -2.94. The van der Waals surface area contributed by atoms with Crippen LogP contribution in [-0.4, -0.2) is 20.2 Å². The molecule has 1 aliphatic rings. The van der Waals surface area contributed by atoms with Gasteiger partial charge in [0.2, 0.25) is 6.79 Å². The number of oxazole rings is 1. The van der Waals surface area contributed by atoms with Crippen molar-refractivity contribution in [3.05, 3.63) is 46.9 Å². The van der Waals surface area contributed by atoms with Gasteiger partial charge in [-0.1, -0.05) is 0 Å². The summed E-state index contributed by atoms with van der Waals surface area (Å²) in [6.45, 7) is 0.106. The fraction of sp³-hybridized carbons (Fsp3) is 0.0714. The van der Waals surface area contributed by atoms with Gasteiger partial charge in [0.05, 0.1) is 16.1 Å². The van der Waals surface area contributed by atoms with Gasteiger partial charge in [-0.15, -0.1) is 0 Å². The van der Waals surface area contributed by atoms with Crippen LogP contribution in [0.15, 0.2) is 50.5 Å². The molecular weight excluding hydrogens is 324 g/mol. The van der Waals surface area contributed by atoms with E-state index in [1.165, 1.54) is 24.3 Å². The Labute approximate surface area is 129 Å². The Morgan fingerprint density at radius 1 is 1.04 bits per heavy atom. The van der Waals surface area contributed by atoms with Crippen molar-refractivity contribution in [2.75, 3.05) is 11.5 Å². The molecule has 0 atom stereocenters. The van der Waals surface area contributed by atoms with Gasteiger partial charge in [0.15, 0.2) is 17.1 Å². The first-order valence-electron chi connectivity index (χ1n) is 6.57. The van der Waals surface area contributed by atoms with Crippen LogP contribution < -0.4 is 20.0 Å². The highest BCUT2D eigenvalue weighted by molar-refractivity contribution is 7.92. The predicted molar refractivity (Wildman–Crippen MR) is 80.2 cm³/mol. The normalized spacial score (nSPS) is 13.4. The molecule has 0 spiro atoms. The number of nitrogens with one attached hydrogen (secondary N) is 2. The third kappa shape index (κ3) is 2.40. The molecule has 0 fully saturated rings. The molecule has 8 nitrogen and oxygen atoms in total. The molecule has 0 saturated carbocycles. The van der Waals surface area contributed by atoms with E-state index in [1.54, 1.807) is 12.1 Å². The van der Waals surface area contributed by atoms with E-state index in [1.807, 2.05) is 0 Å². The van der Waals surface area contributed by atoms with Crippen molar-refractivity contribution in [2.45, 2.75) is 4.90 Å². The maximum Gasteiger partial charge on any atom is 0.417 e. The van der Waals surface area contributed by atoms with Crippen LogP contribution in [0.4, 0.5) is 5.69 Å². The predicted octanol–water partition coefficient (Wildman–Crippen LogP) is 1.65. The highest BCUT2D eigenvalue weighted by Gasteiger charge is 2.19. The second-order valence-electron chi connectivity index (χ2n) is 4.85. The van der Waals surface area contributed by atoms with Gasteiger partial charge in [-0.05, 0) is 24.3 Å². The lowest BCUT2D eigenvalue weighted by atomic mass is 10.3. The average molecular weight is 334 g/mol. The molecule has 0 saturated heterocycles. The van der Waals surface area contributed by atoms with Gasteiger partial charge in [-0.3, -0.25) is 9.71 Å². The Kier molecular flexibility index (Phi) is 2.85. The van der Waals surface area contributed by atoms with Gasteiger partial charge < -0.3 is 13.9 Å².